The molecule has 24 heavy (non-hydrogen) atoms. The van der Waals surface area contributed by atoms with Crippen LogP contribution in [0.15, 0.2) is 30.3 Å². The van der Waals surface area contributed by atoms with Gasteiger partial charge in [-0.1, -0.05) is 18.2 Å². The third-order valence-electron chi connectivity index (χ3n) is 3.44. The maximum absolute atomic E-state index is 12.0. The largest absolute Gasteiger partial charge is 0.481 e. The van der Waals surface area contributed by atoms with Gasteiger partial charge in [-0.3, -0.25) is 14.4 Å². The van der Waals surface area contributed by atoms with Crippen LogP contribution in [-0.2, 0) is 14.4 Å². The van der Waals surface area contributed by atoms with Crippen molar-refractivity contribution in [1.82, 2.24) is 4.90 Å². The molecule has 0 aliphatic carbocycles. The zero-order chi connectivity index (χ0) is 17.8. The van der Waals surface area contributed by atoms with Crippen LogP contribution in [0.5, 0.6) is 0 Å². The molecule has 0 radical (unpaired) electrons. The fourth-order valence-electron chi connectivity index (χ4n) is 2.25. The first-order chi connectivity index (χ1) is 11.5. The van der Waals surface area contributed by atoms with Gasteiger partial charge in [0.15, 0.2) is 0 Å². The maximum atomic E-state index is 12.0. The predicted molar refractivity (Wildman–Crippen MR) is 89.9 cm³/mol. The van der Waals surface area contributed by atoms with Crippen molar-refractivity contribution in [3.8, 4) is 0 Å². The molecule has 0 atom stereocenters. The number of nitrogens with one attached hydrogen (secondary N) is 1. The molecule has 0 saturated carbocycles. The van der Waals surface area contributed by atoms with Crippen LogP contribution in [0.3, 0.4) is 0 Å². The summed E-state index contributed by atoms with van der Waals surface area (Å²) in [5.74, 6) is -1.84. The smallest absolute Gasteiger partial charge is 0.303 e. The number of hydrogen-bond donors (Lipinski definition) is 3. The predicted octanol–water partition coefficient (Wildman–Crippen LogP) is 2.05. The first kappa shape index (κ1) is 19.6. The Morgan fingerprint density at radius 2 is 1.38 bits per heavy atom. The lowest BCUT2D eigenvalue weighted by Crippen LogP contribution is -2.30. The second-order valence-corrected chi connectivity index (χ2v) is 5.50. The van der Waals surface area contributed by atoms with Gasteiger partial charge < -0.3 is 20.4 Å². The molecule has 0 spiro atoms. The van der Waals surface area contributed by atoms with E-state index >= 15 is 0 Å². The van der Waals surface area contributed by atoms with Gasteiger partial charge in [-0.25, -0.2) is 0 Å². The Morgan fingerprint density at radius 3 is 1.88 bits per heavy atom. The molecule has 0 aromatic heterocycles. The van der Waals surface area contributed by atoms with Crippen molar-refractivity contribution in [3.05, 3.63) is 30.3 Å². The number of carboxylic acids is 2. The first-order valence-corrected chi connectivity index (χ1v) is 7.98. The van der Waals surface area contributed by atoms with Crippen LogP contribution in [0.4, 0.5) is 5.69 Å². The Kier molecular flexibility index (Phi) is 9.14. The third kappa shape index (κ3) is 9.58. The summed E-state index contributed by atoms with van der Waals surface area (Å²) in [7, 11) is 0. The van der Waals surface area contributed by atoms with Crippen LogP contribution < -0.4 is 5.32 Å². The fourth-order valence-corrected chi connectivity index (χ4v) is 2.25. The van der Waals surface area contributed by atoms with E-state index in [2.05, 4.69) is 5.32 Å². The summed E-state index contributed by atoms with van der Waals surface area (Å²) >= 11 is 0. The Balaban J connectivity index is 2.39. The van der Waals surface area contributed by atoms with E-state index in [-0.39, 0.29) is 25.2 Å². The highest BCUT2D eigenvalue weighted by atomic mass is 16.4. The quantitative estimate of drug-likeness (QED) is 0.539. The van der Waals surface area contributed by atoms with Crippen LogP contribution in [0.25, 0.3) is 0 Å². The van der Waals surface area contributed by atoms with E-state index in [9.17, 15) is 14.4 Å². The van der Waals surface area contributed by atoms with E-state index in [1.54, 1.807) is 12.1 Å². The van der Waals surface area contributed by atoms with Crippen molar-refractivity contribution in [2.45, 2.75) is 32.1 Å². The molecule has 0 saturated heterocycles. The minimum absolute atomic E-state index is 0.0612. The molecule has 0 aliphatic heterocycles. The monoisotopic (exact) mass is 336 g/mol. The van der Waals surface area contributed by atoms with Crippen LogP contribution in [-0.4, -0.2) is 52.6 Å². The number of para-hydroxylation sites is 1. The average Bonchev–Trinajstić information content (AvgIpc) is 2.52. The number of anilines is 1. The normalized spacial score (nSPS) is 10.5. The summed E-state index contributed by atoms with van der Waals surface area (Å²) < 4.78 is 0. The van der Waals surface area contributed by atoms with Gasteiger partial charge in [0, 0.05) is 31.5 Å². The van der Waals surface area contributed by atoms with Gasteiger partial charge in [0.2, 0.25) is 5.91 Å². The second-order valence-electron chi connectivity index (χ2n) is 5.50. The number of carbonyl (C=O) groups excluding carboxylic acids is 1. The summed E-state index contributed by atoms with van der Waals surface area (Å²) in [6, 6.07) is 9.13. The lowest BCUT2D eigenvalue weighted by molar-refractivity contribution is -0.138. The highest BCUT2D eigenvalue weighted by Gasteiger charge is 2.10. The molecule has 3 N–H and O–H groups in total. The van der Waals surface area contributed by atoms with Crippen LogP contribution in [0.2, 0.25) is 0 Å². The Morgan fingerprint density at radius 1 is 0.833 bits per heavy atom. The summed E-state index contributed by atoms with van der Waals surface area (Å²) in [5, 5.41) is 20.2. The number of benzene rings is 1. The van der Waals surface area contributed by atoms with Gasteiger partial charge in [-0.15, -0.1) is 0 Å². The molecule has 1 aromatic rings. The minimum atomic E-state index is -0.859. The second kappa shape index (κ2) is 11.2. The van der Waals surface area contributed by atoms with Gasteiger partial charge in [-0.2, -0.15) is 0 Å². The molecule has 7 nitrogen and oxygen atoms in total. The molecular weight excluding hydrogens is 312 g/mol. The summed E-state index contributed by atoms with van der Waals surface area (Å²) in [6.07, 6.45) is 1.34. The highest BCUT2D eigenvalue weighted by Crippen LogP contribution is 2.07. The van der Waals surface area contributed by atoms with E-state index in [0.29, 0.717) is 32.5 Å². The molecule has 132 valence electrons. The number of amides is 1. The van der Waals surface area contributed by atoms with E-state index in [1.165, 1.54) is 0 Å². The number of aliphatic carboxylic acids is 2. The standard InChI is InChI=1S/C17H24N2O5/c20-15(18-14-6-2-1-3-7-14)10-13-19(11-4-8-16(21)22)12-5-9-17(23)24/h1-3,6-7H,4-5,8-13H2,(H,18,20)(H,21,22)(H,23,24). The molecule has 0 unspecified atom stereocenters. The molecule has 0 aliphatic rings. The summed E-state index contributed by atoms with van der Waals surface area (Å²) in [4.78, 5) is 35.1. The maximum Gasteiger partial charge on any atom is 0.303 e. The molecule has 1 aromatic carbocycles. The van der Waals surface area contributed by atoms with Gasteiger partial charge in [0.25, 0.3) is 0 Å². The zero-order valence-electron chi connectivity index (χ0n) is 13.6. The number of hydrogen-bond acceptors (Lipinski definition) is 4. The van der Waals surface area contributed by atoms with Crippen LogP contribution in [0.1, 0.15) is 32.1 Å². The lowest BCUT2D eigenvalue weighted by Gasteiger charge is -2.21. The average molecular weight is 336 g/mol. The number of nitrogens with zero attached hydrogens (tertiary/aromatic N) is 1. The Labute approximate surface area is 141 Å². The summed E-state index contributed by atoms with van der Waals surface area (Å²) in [6.45, 7) is 1.53. The van der Waals surface area contributed by atoms with E-state index in [0.717, 1.165) is 5.69 Å². The Bertz CT molecular complexity index is 513. The van der Waals surface area contributed by atoms with Crippen molar-refractivity contribution in [2.75, 3.05) is 25.0 Å². The topological polar surface area (TPSA) is 107 Å². The van der Waals surface area contributed by atoms with Crippen molar-refractivity contribution >= 4 is 23.5 Å². The molecule has 1 amide bonds. The van der Waals surface area contributed by atoms with Crippen LogP contribution in [0, 0.1) is 0 Å². The SMILES string of the molecule is O=C(O)CCCN(CCCC(=O)O)CCC(=O)Nc1ccccc1. The van der Waals surface area contributed by atoms with Gasteiger partial charge in [-0.05, 0) is 38.1 Å². The van der Waals surface area contributed by atoms with Gasteiger partial charge >= 0.3 is 11.9 Å². The van der Waals surface area contributed by atoms with Crippen molar-refractivity contribution in [2.24, 2.45) is 0 Å². The van der Waals surface area contributed by atoms with Gasteiger partial charge in [0.1, 0.15) is 0 Å². The highest BCUT2D eigenvalue weighted by molar-refractivity contribution is 5.90. The van der Waals surface area contributed by atoms with Crippen LogP contribution >= 0.6 is 0 Å². The van der Waals surface area contributed by atoms with Crippen molar-refractivity contribution in [3.63, 3.8) is 0 Å². The first-order valence-electron chi connectivity index (χ1n) is 7.98. The molecule has 0 bridgehead atoms. The lowest BCUT2D eigenvalue weighted by atomic mass is 10.2. The molecule has 1 rings (SSSR count). The van der Waals surface area contributed by atoms with E-state index < -0.39 is 11.9 Å². The number of carboxylic acid groups (broad SMARTS) is 2. The van der Waals surface area contributed by atoms with Crippen molar-refractivity contribution < 1.29 is 24.6 Å². The van der Waals surface area contributed by atoms with Crippen molar-refractivity contribution in [1.29, 1.82) is 0 Å². The third-order valence-corrected chi connectivity index (χ3v) is 3.44. The molecule has 7 heteroatoms. The molecule has 0 fully saturated rings. The molecule has 0 heterocycles. The minimum Gasteiger partial charge on any atom is -0.481 e. The van der Waals surface area contributed by atoms with Gasteiger partial charge in [0.05, 0.1) is 0 Å². The zero-order valence-corrected chi connectivity index (χ0v) is 13.6. The Hall–Kier alpha value is -2.41. The fraction of sp³-hybridized carbons (Fsp3) is 0.471. The number of rotatable bonds is 12. The molecular formula is C17H24N2O5. The number of carbonyl (C=O) groups is 3. The van der Waals surface area contributed by atoms with E-state index in [1.807, 2.05) is 23.1 Å². The van der Waals surface area contributed by atoms with E-state index in [4.69, 9.17) is 10.2 Å². The summed E-state index contributed by atoms with van der Waals surface area (Å²) in [5.41, 5.74) is 0.728.